The fraction of sp³-hybridized carbons (Fsp3) is 0.415. The third-order valence-electron chi connectivity index (χ3n) is 11.1. The Bertz CT molecular complexity index is 2400. The minimum Gasteiger partial charge on any atom is -0.490 e. The van der Waals surface area contributed by atoms with Crippen LogP contribution >= 0.6 is 11.3 Å². The Kier molecular flexibility index (Phi) is 10.1. The lowest BCUT2D eigenvalue weighted by atomic mass is 9.92. The van der Waals surface area contributed by atoms with Crippen LogP contribution in [0.3, 0.4) is 0 Å². The number of pyridine rings is 1. The van der Waals surface area contributed by atoms with E-state index in [2.05, 4.69) is 26.3 Å². The predicted octanol–water partition coefficient (Wildman–Crippen LogP) is 8.79. The number of nitrogens with one attached hydrogen (secondary N) is 1. The van der Waals surface area contributed by atoms with Crippen LogP contribution in [-0.2, 0) is 6.67 Å². The first-order valence-corrected chi connectivity index (χ1v) is 19.7. The molecule has 3 aliphatic heterocycles. The summed E-state index contributed by atoms with van der Waals surface area (Å²) < 4.78 is 76.6. The van der Waals surface area contributed by atoms with E-state index in [-0.39, 0.29) is 86.6 Å². The number of aromatic nitrogens is 3. The molecule has 0 unspecified atom stereocenters. The monoisotopic (exact) mass is 786 g/mol. The highest BCUT2D eigenvalue weighted by atomic mass is 32.1. The van der Waals surface area contributed by atoms with E-state index in [1.54, 1.807) is 12.3 Å². The van der Waals surface area contributed by atoms with Gasteiger partial charge in [0.05, 0.1) is 33.8 Å². The summed E-state index contributed by atoms with van der Waals surface area (Å²) in [5.41, 5.74) is 6.32. The van der Waals surface area contributed by atoms with E-state index in [1.165, 1.54) is 12.1 Å². The molecule has 0 saturated carbocycles. The number of nitrogen functional groups attached to an aromatic ring is 1. The van der Waals surface area contributed by atoms with Gasteiger partial charge in [-0.25, -0.2) is 22.5 Å². The standard InChI is InChI=1S/C41H42F4N8O2S/c1-4-5-9-29(24-8-6-13-48-37(24)47)53-15-16-54-35-26(18-42)30(25-10-11-28(44)36-31(25)27(19-46)39(56-36)49-22(2)3)33(45)34-32(35)38(53)51-40(50-34)55-21-41-12-7-14-52(41)20-23(43)17-41/h4-6,8,10-11,13,22-23,29,49H,7,9,12,14-18,20-21H2,1-3H3,(H2,47,48)/b5-4+/t23-,29-,41+/m1/s1. The Morgan fingerprint density at radius 1 is 1.21 bits per heavy atom. The Morgan fingerprint density at radius 2 is 2.05 bits per heavy atom. The molecule has 0 spiro atoms. The van der Waals surface area contributed by atoms with Gasteiger partial charge in [0.2, 0.25) is 0 Å². The molecule has 0 amide bonds. The summed E-state index contributed by atoms with van der Waals surface area (Å²) in [6.45, 7) is 5.95. The van der Waals surface area contributed by atoms with Crippen molar-refractivity contribution in [3.8, 4) is 29.0 Å². The van der Waals surface area contributed by atoms with Crippen LogP contribution in [-0.4, -0.2) is 70.5 Å². The van der Waals surface area contributed by atoms with Crippen LogP contribution in [0.2, 0.25) is 0 Å². The van der Waals surface area contributed by atoms with Crippen molar-refractivity contribution in [2.75, 3.05) is 48.8 Å². The van der Waals surface area contributed by atoms with Gasteiger partial charge in [-0.05, 0) is 64.3 Å². The molecule has 0 aliphatic carbocycles. The SMILES string of the molecule is C/C=C/C[C@H](c1cccnc1N)N1CCOc2c(CF)c(-c3ccc(F)c4sc(NC(C)C)c(C#N)c34)c(F)c3nc(OC[C@@]45CCCN4C[C@H](F)C5)nc1c23. The maximum absolute atomic E-state index is 17.8. The number of nitriles is 1. The summed E-state index contributed by atoms with van der Waals surface area (Å²) in [4.78, 5) is 17.9. The molecule has 3 aliphatic rings. The molecule has 0 radical (unpaired) electrons. The topological polar surface area (TPSA) is 125 Å². The highest BCUT2D eigenvalue weighted by Gasteiger charge is 2.49. The van der Waals surface area contributed by atoms with Crippen LogP contribution in [0.1, 0.15) is 69.2 Å². The lowest BCUT2D eigenvalue weighted by molar-refractivity contribution is 0.107. The number of rotatable bonds is 11. The summed E-state index contributed by atoms with van der Waals surface area (Å²) >= 11 is 1.04. The molecule has 3 atom stereocenters. The molecule has 3 aromatic heterocycles. The van der Waals surface area contributed by atoms with Crippen molar-refractivity contribution < 1.29 is 27.0 Å². The van der Waals surface area contributed by atoms with Gasteiger partial charge in [-0.1, -0.05) is 24.3 Å². The van der Waals surface area contributed by atoms with Crippen LogP contribution in [0.5, 0.6) is 11.8 Å². The third kappa shape index (κ3) is 6.32. The molecule has 2 fully saturated rings. The van der Waals surface area contributed by atoms with Crippen LogP contribution in [0.4, 0.5) is 34.2 Å². The molecule has 15 heteroatoms. The molecule has 6 heterocycles. The number of anilines is 3. The van der Waals surface area contributed by atoms with Crippen molar-refractivity contribution in [1.29, 1.82) is 5.26 Å². The minimum absolute atomic E-state index is 0.0373. The van der Waals surface area contributed by atoms with E-state index >= 15 is 13.2 Å². The summed E-state index contributed by atoms with van der Waals surface area (Å²) in [7, 11) is 0. The predicted molar refractivity (Wildman–Crippen MR) is 211 cm³/mol. The number of allylic oxidation sites excluding steroid dienone is 1. The molecule has 2 aromatic carbocycles. The summed E-state index contributed by atoms with van der Waals surface area (Å²) in [5, 5.41) is 14.3. The smallest absolute Gasteiger partial charge is 0.319 e. The second kappa shape index (κ2) is 15.0. The first-order valence-electron chi connectivity index (χ1n) is 18.9. The molecule has 0 bridgehead atoms. The van der Waals surface area contributed by atoms with Crippen LogP contribution in [0, 0.1) is 23.0 Å². The lowest BCUT2D eigenvalue weighted by Crippen LogP contribution is -2.43. The van der Waals surface area contributed by atoms with Crippen molar-refractivity contribution in [3.05, 3.63) is 70.9 Å². The second-order valence-corrected chi connectivity index (χ2v) is 15.9. The average molecular weight is 787 g/mol. The summed E-state index contributed by atoms with van der Waals surface area (Å²) in [5.74, 6) is -0.923. The quantitative estimate of drug-likeness (QED) is 0.0992. The van der Waals surface area contributed by atoms with Gasteiger partial charge in [-0.2, -0.15) is 15.2 Å². The molecule has 292 valence electrons. The number of nitrogens with zero attached hydrogens (tertiary/aromatic N) is 6. The van der Waals surface area contributed by atoms with Gasteiger partial charge in [-0.3, -0.25) is 4.90 Å². The third-order valence-corrected chi connectivity index (χ3v) is 12.2. The fourth-order valence-electron chi connectivity index (χ4n) is 8.70. The van der Waals surface area contributed by atoms with Crippen molar-refractivity contribution in [1.82, 2.24) is 19.9 Å². The van der Waals surface area contributed by atoms with Gasteiger partial charge < -0.3 is 25.4 Å². The van der Waals surface area contributed by atoms with Gasteiger partial charge in [-0.15, -0.1) is 11.3 Å². The lowest BCUT2D eigenvalue weighted by Gasteiger charge is -2.33. The molecular formula is C41H42F4N8O2S. The first kappa shape index (κ1) is 37.7. The maximum atomic E-state index is 17.8. The minimum atomic E-state index is -1.16. The summed E-state index contributed by atoms with van der Waals surface area (Å²) in [6, 6.07) is 7.69. The van der Waals surface area contributed by atoms with Crippen LogP contribution in [0.25, 0.3) is 32.1 Å². The largest absolute Gasteiger partial charge is 0.490 e. The van der Waals surface area contributed by atoms with E-state index in [9.17, 15) is 9.65 Å². The van der Waals surface area contributed by atoms with E-state index < -0.39 is 36.1 Å². The van der Waals surface area contributed by atoms with Crippen molar-refractivity contribution in [3.63, 3.8) is 0 Å². The number of ether oxygens (including phenoxy) is 2. The number of hydrogen-bond acceptors (Lipinski definition) is 11. The second-order valence-electron chi connectivity index (χ2n) is 14.9. The number of benzene rings is 2. The van der Waals surface area contributed by atoms with Crippen molar-refractivity contribution >= 4 is 49.0 Å². The molecule has 8 rings (SSSR count). The zero-order valence-corrected chi connectivity index (χ0v) is 32.2. The molecular weight excluding hydrogens is 745 g/mol. The zero-order valence-electron chi connectivity index (χ0n) is 31.3. The number of hydrogen-bond donors (Lipinski definition) is 2. The van der Waals surface area contributed by atoms with Crippen molar-refractivity contribution in [2.45, 2.75) is 76.9 Å². The van der Waals surface area contributed by atoms with Crippen LogP contribution in [0.15, 0.2) is 42.6 Å². The number of alkyl halides is 2. The van der Waals surface area contributed by atoms with Crippen molar-refractivity contribution in [2.24, 2.45) is 0 Å². The van der Waals surface area contributed by atoms with Gasteiger partial charge in [0.15, 0.2) is 5.82 Å². The van der Waals surface area contributed by atoms with Crippen LogP contribution < -0.4 is 25.4 Å². The average Bonchev–Trinajstić information content (AvgIpc) is 3.79. The molecule has 56 heavy (non-hydrogen) atoms. The Balaban J connectivity index is 1.39. The number of nitrogens with two attached hydrogens (primary N) is 1. The number of halogens is 4. The molecule has 5 aromatic rings. The van der Waals surface area contributed by atoms with E-state index in [4.69, 9.17) is 20.2 Å². The summed E-state index contributed by atoms with van der Waals surface area (Å²) in [6.07, 6.45) is 6.89. The van der Waals surface area contributed by atoms with Gasteiger partial charge in [0.25, 0.3) is 0 Å². The van der Waals surface area contributed by atoms with E-state index in [1.807, 2.05) is 43.9 Å². The Hall–Kier alpha value is -5.20. The maximum Gasteiger partial charge on any atom is 0.319 e. The molecule has 3 N–H and O–H groups in total. The van der Waals surface area contributed by atoms with E-state index in [0.717, 1.165) is 30.7 Å². The molecule has 2 saturated heterocycles. The normalized spacial score (nSPS) is 20.1. The van der Waals surface area contributed by atoms with E-state index in [0.29, 0.717) is 35.8 Å². The van der Waals surface area contributed by atoms with Gasteiger partial charge >= 0.3 is 6.01 Å². The highest BCUT2D eigenvalue weighted by Crippen LogP contribution is 2.51. The Morgan fingerprint density at radius 3 is 2.80 bits per heavy atom. The van der Waals surface area contributed by atoms with Gasteiger partial charge in [0, 0.05) is 47.3 Å². The van der Waals surface area contributed by atoms with Gasteiger partial charge in [0.1, 0.15) is 65.8 Å². The number of fused-ring (bicyclic) bond motifs is 2. The Labute approximate surface area is 325 Å². The first-order chi connectivity index (χ1) is 27.1. The highest BCUT2D eigenvalue weighted by molar-refractivity contribution is 7.23. The number of thiophene rings is 1. The fourth-order valence-corrected chi connectivity index (χ4v) is 9.93. The zero-order chi connectivity index (χ0) is 39.3. The molecule has 10 nitrogen and oxygen atoms in total.